The van der Waals surface area contributed by atoms with Crippen LogP contribution in [0.2, 0.25) is 0 Å². The summed E-state index contributed by atoms with van der Waals surface area (Å²) in [5.74, 6) is -0.519. The summed E-state index contributed by atoms with van der Waals surface area (Å²) in [6, 6.07) is 8.15. The quantitative estimate of drug-likeness (QED) is 0.658. The van der Waals surface area contributed by atoms with Crippen molar-refractivity contribution in [3.8, 4) is 17.2 Å². The summed E-state index contributed by atoms with van der Waals surface area (Å²) in [5, 5.41) is 3.21. The topological polar surface area (TPSA) is 89.1 Å². The molecule has 31 heavy (non-hydrogen) atoms. The molecule has 2 N–H and O–H groups in total. The Bertz CT molecular complexity index is 1060. The van der Waals surface area contributed by atoms with Gasteiger partial charge in [-0.1, -0.05) is 6.07 Å². The molecule has 0 bridgehead atoms. The van der Waals surface area contributed by atoms with Gasteiger partial charge >= 0.3 is 6.29 Å². The second-order valence-corrected chi connectivity index (χ2v) is 8.46. The Kier molecular flexibility index (Phi) is 5.75. The van der Waals surface area contributed by atoms with E-state index in [0.29, 0.717) is 24.5 Å². The molecule has 0 amide bonds. The molecule has 1 saturated heterocycles. The van der Waals surface area contributed by atoms with Gasteiger partial charge in [0.25, 0.3) is 10.0 Å². The van der Waals surface area contributed by atoms with Crippen molar-refractivity contribution in [2.45, 2.75) is 11.2 Å². The molecule has 0 aromatic heterocycles. The molecule has 0 spiro atoms. The van der Waals surface area contributed by atoms with Gasteiger partial charge in [0, 0.05) is 26.2 Å². The minimum absolute atomic E-state index is 0.133. The van der Waals surface area contributed by atoms with Crippen LogP contribution in [0.25, 0.3) is 0 Å². The van der Waals surface area contributed by atoms with Gasteiger partial charge in [-0.15, -0.1) is 8.78 Å². The zero-order valence-electron chi connectivity index (χ0n) is 16.2. The third-order valence-electron chi connectivity index (χ3n) is 4.69. The summed E-state index contributed by atoms with van der Waals surface area (Å²) >= 11 is 0. The smallest absolute Gasteiger partial charge is 0.489 e. The summed E-state index contributed by atoms with van der Waals surface area (Å²) in [4.78, 5) is 1.50. The highest BCUT2D eigenvalue weighted by atomic mass is 32.2. The van der Waals surface area contributed by atoms with E-state index >= 15 is 0 Å². The number of hydrogen-bond acceptors (Lipinski definition) is 7. The zero-order chi connectivity index (χ0) is 22.1. The monoisotopic (exact) mass is 459 g/mol. The molecule has 2 aromatic carbocycles. The number of anilines is 2. The fourth-order valence-corrected chi connectivity index (χ4v) is 4.56. The van der Waals surface area contributed by atoms with Crippen LogP contribution in [-0.2, 0) is 10.0 Å². The van der Waals surface area contributed by atoms with Gasteiger partial charge in [0.1, 0.15) is 23.9 Å². The van der Waals surface area contributed by atoms with Gasteiger partial charge in [0.15, 0.2) is 11.5 Å². The van der Waals surface area contributed by atoms with Crippen LogP contribution in [0.4, 0.5) is 24.5 Å². The standard InChI is InChI=1S/C19H20F3N3O5S/c20-6-11-28-15-5-4-13(12-14(15)25-9-7-23-8-10-25)24-31(26,27)17-3-1-2-16-18(17)30-19(21,22)29-16/h1-5,12,23-24H,6-11H2. The summed E-state index contributed by atoms with van der Waals surface area (Å²) in [6.45, 7) is 1.94. The first kappa shape index (κ1) is 21.4. The third-order valence-corrected chi connectivity index (χ3v) is 6.09. The Balaban J connectivity index is 1.64. The fourth-order valence-electron chi connectivity index (χ4n) is 3.37. The summed E-state index contributed by atoms with van der Waals surface area (Å²) in [7, 11) is -4.29. The minimum atomic E-state index is -4.29. The van der Waals surface area contributed by atoms with Crippen molar-refractivity contribution in [1.82, 2.24) is 5.32 Å². The Morgan fingerprint density at radius 2 is 1.94 bits per heavy atom. The van der Waals surface area contributed by atoms with Gasteiger partial charge in [-0.25, -0.2) is 12.8 Å². The first-order chi connectivity index (χ1) is 14.8. The Labute approximate surface area is 176 Å². The third kappa shape index (κ3) is 4.59. The Morgan fingerprint density at radius 1 is 1.16 bits per heavy atom. The van der Waals surface area contributed by atoms with E-state index in [1.807, 2.05) is 4.90 Å². The van der Waals surface area contributed by atoms with E-state index < -0.39 is 33.6 Å². The number of ether oxygens (including phenoxy) is 3. The number of fused-ring (bicyclic) bond motifs is 1. The van der Waals surface area contributed by atoms with Gasteiger partial charge < -0.3 is 24.4 Å². The lowest BCUT2D eigenvalue weighted by atomic mass is 10.2. The zero-order valence-corrected chi connectivity index (χ0v) is 17.1. The van der Waals surface area contributed by atoms with Gasteiger partial charge in [-0.2, -0.15) is 0 Å². The van der Waals surface area contributed by atoms with Crippen molar-refractivity contribution in [1.29, 1.82) is 0 Å². The van der Waals surface area contributed by atoms with Gasteiger partial charge in [-0.05, 0) is 30.3 Å². The number of benzene rings is 2. The molecule has 2 aliphatic heterocycles. The molecule has 2 aromatic rings. The lowest BCUT2D eigenvalue weighted by molar-refractivity contribution is -0.287. The molecule has 0 unspecified atom stereocenters. The SMILES string of the molecule is O=S(=O)(Nc1ccc(OCCF)c(N2CCNCC2)c1)c1cccc2c1OC(F)(F)O2. The second kappa shape index (κ2) is 8.35. The highest BCUT2D eigenvalue weighted by Gasteiger charge is 2.46. The van der Waals surface area contributed by atoms with E-state index in [-0.39, 0.29) is 18.0 Å². The molecular weight excluding hydrogens is 439 g/mol. The number of para-hydroxylation sites is 1. The summed E-state index contributed by atoms with van der Waals surface area (Å²) < 4.78 is 81.8. The van der Waals surface area contributed by atoms with E-state index in [4.69, 9.17) is 4.74 Å². The molecule has 0 radical (unpaired) electrons. The number of hydrogen-bond donors (Lipinski definition) is 2. The van der Waals surface area contributed by atoms with Crippen molar-refractivity contribution in [3.05, 3.63) is 36.4 Å². The molecule has 8 nitrogen and oxygen atoms in total. The predicted molar refractivity (Wildman–Crippen MR) is 106 cm³/mol. The number of nitrogens with zero attached hydrogens (tertiary/aromatic N) is 1. The maximum atomic E-state index is 13.4. The van der Waals surface area contributed by atoms with Crippen LogP contribution in [0.3, 0.4) is 0 Å². The van der Waals surface area contributed by atoms with Crippen LogP contribution >= 0.6 is 0 Å². The maximum absolute atomic E-state index is 13.4. The van der Waals surface area contributed by atoms with Crippen molar-refractivity contribution >= 4 is 21.4 Å². The average molecular weight is 459 g/mol. The van der Waals surface area contributed by atoms with Crippen LogP contribution in [0, 0.1) is 0 Å². The van der Waals surface area contributed by atoms with E-state index in [1.54, 1.807) is 6.07 Å². The molecule has 0 aliphatic carbocycles. The van der Waals surface area contributed by atoms with E-state index in [2.05, 4.69) is 19.5 Å². The molecule has 2 heterocycles. The highest BCUT2D eigenvalue weighted by Crippen LogP contribution is 2.45. The van der Waals surface area contributed by atoms with Crippen molar-refractivity contribution in [2.24, 2.45) is 0 Å². The lowest BCUT2D eigenvalue weighted by Gasteiger charge is -2.31. The molecule has 1 fully saturated rings. The maximum Gasteiger partial charge on any atom is 0.586 e. The number of alkyl halides is 3. The van der Waals surface area contributed by atoms with Gasteiger partial charge in [0.05, 0.1) is 11.4 Å². The van der Waals surface area contributed by atoms with Crippen LogP contribution in [-0.4, -0.2) is 54.2 Å². The highest BCUT2D eigenvalue weighted by molar-refractivity contribution is 7.92. The molecule has 168 valence electrons. The fraction of sp³-hybridized carbons (Fsp3) is 0.368. The van der Waals surface area contributed by atoms with Crippen LogP contribution in [0.5, 0.6) is 17.2 Å². The largest absolute Gasteiger partial charge is 0.586 e. The first-order valence-electron chi connectivity index (χ1n) is 9.49. The van der Waals surface area contributed by atoms with Crippen molar-refractivity contribution in [2.75, 3.05) is 49.1 Å². The average Bonchev–Trinajstić information content (AvgIpc) is 3.06. The number of piperazine rings is 1. The van der Waals surface area contributed by atoms with Crippen LogP contribution in [0.15, 0.2) is 41.3 Å². The van der Waals surface area contributed by atoms with Crippen LogP contribution < -0.4 is 29.1 Å². The molecular formula is C19H20F3N3O5S. The van der Waals surface area contributed by atoms with Crippen molar-refractivity contribution in [3.63, 3.8) is 0 Å². The summed E-state index contributed by atoms with van der Waals surface area (Å²) in [5.41, 5.74) is 0.781. The van der Waals surface area contributed by atoms with Crippen molar-refractivity contribution < 1.29 is 35.8 Å². The minimum Gasteiger partial charge on any atom is -0.489 e. The summed E-state index contributed by atoms with van der Waals surface area (Å²) in [6.07, 6.45) is -3.95. The number of rotatable bonds is 7. The molecule has 2 aliphatic rings. The second-order valence-electron chi connectivity index (χ2n) is 6.81. The van der Waals surface area contributed by atoms with Gasteiger partial charge in [0.2, 0.25) is 0 Å². The number of sulfonamides is 1. The number of nitrogens with one attached hydrogen (secondary N) is 2. The molecule has 0 saturated carbocycles. The van der Waals surface area contributed by atoms with E-state index in [9.17, 15) is 21.6 Å². The Hall–Kier alpha value is -2.86. The van der Waals surface area contributed by atoms with E-state index in [1.165, 1.54) is 24.3 Å². The molecule has 0 atom stereocenters. The Morgan fingerprint density at radius 3 is 2.68 bits per heavy atom. The number of halogens is 3. The molecule has 12 heteroatoms. The first-order valence-corrected chi connectivity index (χ1v) is 11.0. The van der Waals surface area contributed by atoms with E-state index in [0.717, 1.165) is 19.2 Å². The lowest BCUT2D eigenvalue weighted by Crippen LogP contribution is -2.43. The van der Waals surface area contributed by atoms with Gasteiger partial charge in [-0.3, -0.25) is 4.72 Å². The predicted octanol–water partition coefficient (Wildman–Crippen LogP) is 2.57. The molecule has 4 rings (SSSR count). The van der Waals surface area contributed by atoms with Crippen LogP contribution in [0.1, 0.15) is 0 Å². The normalized spacial score (nSPS) is 17.5.